The number of benzene rings is 2. The molecule has 0 aliphatic carbocycles. The van der Waals surface area contributed by atoms with Gasteiger partial charge in [-0.3, -0.25) is 4.72 Å². The fourth-order valence-corrected chi connectivity index (χ4v) is 4.63. The van der Waals surface area contributed by atoms with E-state index in [4.69, 9.17) is 16.3 Å². The molecule has 8 nitrogen and oxygen atoms in total. The standard InChI is InChI=1S/C14H11BrClN5O3S/c1-24-14-10(15)6-9(16)7-13(14)25(22,23)18-11-4-2-3-5-12(11)21-8-17-19-20-21/h2-8,18H,1H3. The van der Waals surface area contributed by atoms with Crippen molar-refractivity contribution in [3.63, 3.8) is 0 Å². The van der Waals surface area contributed by atoms with E-state index >= 15 is 0 Å². The van der Waals surface area contributed by atoms with E-state index in [1.54, 1.807) is 30.3 Å². The summed E-state index contributed by atoms with van der Waals surface area (Å²) in [6, 6.07) is 9.57. The van der Waals surface area contributed by atoms with E-state index in [0.29, 0.717) is 15.8 Å². The summed E-state index contributed by atoms with van der Waals surface area (Å²) in [5.74, 6) is 0.150. The summed E-state index contributed by atoms with van der Waals surface area (Å²) in [6.45, 7) is 0. The summed E-state index contributed by atoms with van der Waals surface area (Å²) in [5, 5.41) is 11.1. The number of nitrogens with zero attached hydrogens (tertiary/aromatic N) is 4. The molecule has 1 N–H and O–H groups in total. The smallest absolute Gasteiger partial charge is 0.265 e. The molecule has 11 heteroatoms. The van der Waals surface area contributed by atoms with Crippen molar-refractivity contribution >= 4 is 43.2 Å². The van der Waals surface area contributed by atoms with Gasteiger partial charge in [-0.1, -0.05) is 23.7 Å². The molecular weight excluding hydrogens is 434 g/mol. The second-order valence-electron chi connectivity index (χ2n) is 4.80. The van der Waals surface area contributed by atoms with E-state index in [1.165, 1.54) is 24.2 Å². The Labute approximate surface area is 156 Å². The van der Waals surface area contributed by atoms with Crippen molar-refractivity contribution in [2.45, 2.75) is 4.90 Å². The van der Waals surface area contributed by atoms with Crippen LogP contribution in [-0.4, -0.2) is 35.7 Å². The maximum Gasteiger partial charge on any atom is 0.265 e. The number of tetrazole rings is 1. The number of anilines is 1. The summed E-state index contributed by atoms with van der Waals surface area (Å²) >= 11 is 9.24. The van der Waals surface area contributed by atoms with Crippen LogP contribution in [0.5, 0.6) is 5.75 Å². The first-order valence-electron chi connectivity index (χ1n) is 6.80. The molecule has 0 spiro atoms. The van der Waals surface area contributed by atoms with Gasteiger partial charge in [0.15, 0.2) is 5.75 Å². The average molecular weight is 445 g/mol. The largest absolute Gasteiger partial charge is 0.494 e. The van der Waals surface area contributed by atoms with E-state index in [-0.39, 0.29) is 15.7 Å². The molecule has 0 radical (unpaired) electrons. The Kier molecular flexibility index (Phi) is 4.93. The minimum Gasteiger partial charge on any atom is -0.494 e. The van der Waals surface area contributed by atoms with Crippen LogP contribution in [0.4, 0.5) is 5.69 Å². The highest BCUT2D eigenvalue weighted by molar-refractivity contribution is 9.10. The summed E-state index contributed by atoms with van der Waals surface area (Å²) in [4.78, 5) is -0.0964. The maximum atomic E-state index is 12.9. The first-order valence-corrected chi connectivity index (χ1v) is 9.46. The lowest BCUT2D eigenvalue weighted by Gasteiger charge is -2.15. The summed E-state index contributed by atoms with van der Waals surface area (Å²) in [5.41, 5.74) is 0.768. The molecule has 3 aromatic rings. The van der Waals surface area contributed by atoms with Crippen LogP contribution in [0.1, 0.15) is 0 Å². The lowest BCUT2D eigenvalue weighted by atomic mass is 10.3. The Morgan fingerprint density at radius 3 is 2.72 bits per heavy atom. The summed E-state index contributed by atoms with van der Waals surface area (Å²) in [6.07, 6.45) is 1.36. The van der Waals surface area contributed by atoms with E-state index in [0.717, 1.165) is 0 Å². The molecule has 0 bridgehead atoms. The van der Waals surface area contributed by atoms with Gasteiger partial charge in [0.25, 0.3) is 10.0 Å². The molecule has 1 heterocycles. The van der Waals surface area contributed by atoms with E-state index < -0.39 is 10.0 Å². The molecule has 0 fully saturated rings. The number of ether oxygens (including phenoxy) is 1. The van der Waals surface area contributed by atoms with Crippen LogP contribution in [0.15, 0.2) is 52.1 Å². The van der Waals surface area contributed by atoms with Gasteiger partial charge in [-0.15, -0.1) is 5.10 Å². The number of para-hydroxylation sites is 2. The minimum atomic E-state index is -3.99. The molecule has 0 saturated carbocycles. The zero-order chi connectivity index (χ0) is 18.0. The van der Waals surface area contributed by atoms with Gasteiger partial charge >= 0.3 is 0 Å². The lowest BCUT2D eigenvalue weighted by molar-refractivity contribution is 0.400. The maximum absolute atomic E-state index is 12.9. The molecule has 0 atom stereocenters. The van der Waals surface area contributed by atoms with Crippen LogP contribution in [0.25, 0.3) is 5.69 Å². The SMILES string of the molecule is COc1c(Br)cc(Cl)cc1S(=O)(=O)Nc1ccccc1-n1cnnn1. The molecule has 3 rings (SSSR count). The topological polar surface area (TPSA) is 99.0 Å². The zero-order valence-corrected chi connectivity index (χ0v) is 15.9. The molecule has 130 valence electrons. The van der Waals surface area contributed by atoms with Crippen LogP contribution in [0.2, 0.25) is 5.02 Å². The Morgan fingerprint density at radius 2 is 2.04 bits per heavy atom. The molecule has 25 heavy (non-hydrogen) atoms. The van der Waals surface area contributed by atoms with Gasteiger partial charge in [0, 0.05) is 5.02 Å². The Hall–Kier alpha value is -2.17. The van der Waals surface area contributed by atoms with Gasteiger partial charge in [-0.2, -0.15) is 4.68 Å². The van der Waals surface area contributed by atoms with E-state index in [9.17, 15) is 8.42 Å². The summed E-state index contributed by atoms with van der Waals surface area (Å²) in [7, 11) is -2.61. The second-order valence-corrected chi connectivity index (χ2v) is 7.74. The van der Waals surface area contributed by atoms with Crippen molar-refractivity contribution in [1.29, 1.82) is 0 Å². The van der Waals surface area contributed by atoms with Gasteiger partial charge in [0.1, 0.15) is 11.2 Å². The highest BCUT2D eigenvalue weighted by Crippen LogP contribution is 2.36. The van der Waals surface area contributed by atoms with Gasteiger partial charge < -0.3 is 4.74 Å². The number of sulfonamides is 1. The van der Waals surface area contributed by atoms with Crippen molar-refractivity contribution in [3.8, 4) is 11.4 Å². The normalized spacial score (nSPS) is 11.3. The van der Waals surface area contributed by atoms with E-state index in [2.05, 4.69) is 36.2 Å². The Bertz CT molecular complexity index is 1010. The molecule has 1 aromatic heterocycles. The summed E-state index contributed by atoms with van der Waals surface area (Å²) < 4.78 is 35.2. The van der Waals surface area contributed by atoms with E-state index in [1.807, 2.05) is 0 Å². The number of halogens is 2. The first-order chi connectivity index (χ1) is 11.9. The van der Waals surface area contributed by atoms with Gasteiger partial charge in [0.05, 0.1) is 23.0 Å². The highest BCUT2D eigenvalue weighted by atomic mass is 79.9. The number of aromatic nitrogens is 4. The monoisotopic (exact) mass is 443 g/mol. The fraction of sp³-hybridized carbons (Fsp3) is 0.0714. The van der Waals surface area contributed by atoms with Crippen molar-refractivity contribution in [2.75, 3.05) is 11.8 Å². The molecule has 2 aromatic carbocycles. The Balaban J connectivity index is 2.08. The zero-order valence-electron chi connectivity index (χ0n) is 12.7. The third-order valence-electron chi connectivity index (χ3n) is 3.21. The lowest BCUT2D eigenvalue weighted by Crippen LogP contribution is -2.16. The molecule has 0 aliphatic heterocycles. The molecular formula is C14H11BrClN5O3S. The average Bonchev–Trinajstić information content (AvgIpc) is 3.08. The van der Waals surface area contributed by atoms with Gasteiger partial charge in [0.2, 0.25) is 0 Å². The predicted molar refractivity (Wildman–Crippen MR) is 95.7 cm³/mol. The quantitative estimate of drug-likeness (QED) is 0.650. The van der Waals surface area contributed by atoms with Gasteiger partial charge in [-0.25, -0.2) is 8.42 Å². The molecule has 0 unspecified atom stereocenters. The highest BCUT2D eigenvalue weighted by Gasteiger charge is 2.24. The number of hydrogen-bond donors (Lipinski definition) is 1. The van der Waals surface area contributed by atoms with Gasteiger partial charge in [-0.05, 0) is 50.6 Å². The van der Waals surface area contributed by atoms with Crippen molar-refractivity contribution in [3.05, 3.63) is 52.2 Å². The fourth-order valence-electron chi connectivity index (χ4n) is 2.17. The first kappa shape index (κ1) is 17.6. The number of methoxy groups -OCH3 is 1. The number of rotatable bonds is 5. The Morgan fingerprint density at radius 1 is 1.28 bits per heavy atom. The van der Waals surface area contributed by atoms with Crippen molar-refractivity contribution < 1.29 is 13.2 Å². The van der Waals surface area contributed by atoms with Crippen LogP contribution in [0.3, 0.4) is 0 Å². The third kappa shape index (κ3) is 3.60. The molecule has 0 aliphatic rings. The number of hydrogen-bond acceptors (Lipinski definition) is 6. The second kappa shape index (κ2) is 6.98. The minimum absolute atomic E-state index is 0.0964. The van der Waals surface area contributed by atoms with Crippen molar-refractivity contribution in [2.24, 2.45) is 0 Å². The van der Waals surface area contributed by atoms with Crippen LogP contribution in [-0.2, 0) is 10.0 Å². The van der Waals surface area contributed by atoms with Crippen LogP contribution < -0.4 is 9.46 Å². The molecule has 0 saturated heterocycles. The van der Waals surface area contributed by atoms with Crippen LogP contribution >= 0.6 is 27.5 Å². The molecule has 0 amide bonds. The third-order valence-corrected chi connectivity index (χ3v) is 5.39. The number of nitrogens with one attached hydrogen (secondary N) is 1. The van der Waals surface area contributed by atoms with Crippen LogP contribution in [0, 0.1) is 0 Å². The van der Waals surface area contributed by atoms with Crippen molar-refractivity contribution in [1.82, 2.24) is 20.2 Å². The predicted octanol–water partition coefficient (Wildman–Crippen LogP) is 2.89.